The van der Waals surface area contributed by atoms with Gasteiger partial charge in [-0.2, -0.15) is 5.48 Å². The number of nitrogens with one attached hydrogen (secondary N) is 2. The molecule has 1 aliphatic rings. The van der Waals surface area contributed by atoms with Crippen molar-refractivity contribution in [3.8, 4) is 5.88 Å². The maximum absolute atomic E-state index is 7.55. The molecular weight excluding hydrogens is 242 g/mol. The van der Waals surface area contributed by atoms with Gasteiger partial charge in [0.25, 0.3) is 0 Å². The second-order valence-electron chi connectivity index (χ2n) is 3.90. The summed E-state index contributed by atoms with van der Waals surface area (Å²) >= 11 is 6.02. The Morgan fingerprint density at radius 3 is 3.00 bits per heavy atom. The van der Waals surface area contributed by atoms with E-state index in [0.29, 0.717) is 29.0 Å². The third kappa shape index (κ3) is 3.31. The van der Waals surface area contributed by atoms with Crippen molar-refractivity contribution in [2.24, 2.45) is 5.92 Å². The molecule has 5 nitrogen and oxygen atoms in total. The molecule has 1 aromatic rings. The average molecular weight is 256 g/mol. The fraction of sp³-hybridized carbons (Fsp3) is 0.455. The van der Waals surface area contributed by atoms with E-state index in [2.05, 4.69) is 10.5 Å². The minimum Gasteiger partial charge on any atom is -0.476 e. The number of hydrogen-bond acceptors (Lipinski definition) is 5. The van der Waals surface area contributed by atoms with Crippen LogP contribution >= 0.6 is 11.6 Å². The highest BCUT2D eigenvalue weighted by Gasteiger charge is 2.22. The molecule has 1 aliphatic carbocycles. The number of pyridine rings is 1. The van der Waals surface area contributed by atoms with Gasteiger partial charge in [0.2, 0.25) is 11.8 Å². The molecule has 0 saturated heterocycles. The molecular formula is C11H14ClN3O2. The van der Waals surface area contributed by atoms with Crippen molar-refractivity contribution in [3.63, 3.8) is 0 Å². The summed E-state index contributed by atoms with van der Waals surface area (Å²) in [5.41, 5.74) is 2.92. The van der Waals surface area contributed by atoms with E-state index in [-0.39, 0.29) is 5.90 Å². The Balaban J connectivity index is 2.01. The molecule has 92 valence electrons. The van der Waals surface area contributed by atoms with Crippen LogP contribution in [0.25, 0.3) is 0 Å². The first kappa shape index (κ1) is 12.1. The zero-order valence-electron chi connectivity index (χ0n) is 9.50. The minimum absolute atomic E-state index is 0.0318. The Kier molecular flexibility index (Phi) is 3.81. The van der Waals surface area contributed by atoms with Gasteiger partial charge in [0, 0.05) is 13.2 Å². The van der Waals surface area contributed by atoms with Gasteiger partial charge in [0.15, 0.2) is 0 Å². The highest BCUT2D eigenvalue weighted by Crippen LogP contribution is 2.31. The van der Waals surface area contributed by atoms with Crippen molar-refractivity contribution in [2.45, 2.75) is 12.8 Å². The van der Waals surface area contributed by atoms with Crippen LogP contribution in [0.1, 0.15) is 18.4 Å². The van der Waals surface area contributed by atoms with E-state index in [1.165, 1.54) is 19.0 Å². The molecule has 2 rings (SSSR count). The first-order valence-electron chi connectivity index (χ1n) is 5.41. The molecule has 0 aliphatic heterocycles. The molecule has 0 radical (unpaired) electrons. The highest BCUT2D eigenvalue weighted by atomic mass is 35.5. The van der Waals surface area contributed by atoms with Crippen LogP contribution in [0.3, 0.4) is 0 Å². The Hall–Kier alpha value is -1.33. The summed E-state index contributed by atoms with van der Waals surface area (Å²) in [6.07, 6.45) is 3.94. The van der Waals surface area contributed by atoms with Crippen LogP contribution in [-0.2, 0) is 4.84 Å². The van der Waals surface area contributed by atoms with E-state index >= 15 is 0 Å². The molecule has 0 amide bonds. The number of nitrogens with zero attached hydrogens (tertiary/aromatic N) is 1. The van der Waals surface area contributed by atoms with Gasteiger partial charge >= 0.3 is 0 Å². The molecule has 0 unspecified atom stereocenters. The van der Waals surface area contributed by atoms with Crippen LogP contribution in [0, 0.1) is 11.3 Å². The van der Waals surface area contributed by atoms with Gasteiger partial charge < -0.3 is 9.57 Å². The van der Waals surface area contributed by atoms with E-state index < -0.39 is 0 Å². The topological polar surface area (TPSA) is 67.2 Å². The molecule has 0 spiro atoms. The first-order chi connectivity index (χ1) is 8.20. The summed E-state index contributed by atoms with van der Waals surface area (Å²) in [7, 11) is 1.58. The maximum Gasteiger partial charge on any atom is 0.239 e. The van der Waals surface area contributed by atoms with Crippen molar-refractivity contribution in [1.82, 2.24) is 10.5 Å². The van der Waals surface area contributed by atoms with Crippen LogP contribution < -0.4 is 10.2 Å². The second kappa shape index (κ2) is 5.33. The van der Waals surface area contributed by atoms with Crippen LogP contribution in [-0.4, -0.2) is 24.5 Å². The number of aromatic nitrogens is 1. The van der Waals surface area contributed by atoms with Gasteiger partial charge in [0.05, 0.1) is 12.2 Å². The fourth-order valence-electron chi connectivity index (χ4n) is 1.30. The molecule has 6 heteroatoms. The second-order valence-corrected chi connectivity index (χ2v) is 4.31. The maximum atomic E-state index is 7.55. The van der Waals surface area contributed by atoms with Crippen LogP contribution in [0.5, 0.6) is 5.88 Å². The molecule has 1 heterocycles. The van der Waals surface area contributed by atoms with Gasteiger partial charge in [-0.05, 0) is 24.8 Å². The standard InChI is InChI=1S/C11H14ClN3O2/c1-14-17-10(13)8-4-9(12)11(15-5-8)16-6-7-2-3-7/h4-5,7,13-14H,2-3,6H2,1H3. The Labute approximate surface area is 105 Å². The molecule has 0 bridgehead atoms. The van der Waals surface area contributed by atoms with E-state index in [0.717, 1.165) is 0 Å². The third-order valence-corrected chi connectivity index (χ3v) is 2.70. The highest BCUT2D eigenvalue weighted by molar-refractivity contribution is 6.32. The number of ether oxygens (including phenoxy) is 1. The van der Waals surface area contributed by atoms with E-state index in [1.807, 2.05) is 0 Å². The van der Waals surface area contributed by atoms with Crippen molar-refractivity contribution < 1.29 is 9.57 Å². The van der Waals surface area contributed by atoms with Gasteiger partial charge in [-0.3, -0.25) is 5.41 Å². The molecule has 0 aromatic carbocycles. The summed E-state index contributed by atoms with van der Waals surface area (Å²) in [4.78, 5) is 8.90. The number of hydroxylamine groups is 1. The summed E-state index contributed by atoms with van der Waals surface area (Å²) in [6.45, 7) is 0.663. The van der Waals surface area contributed by atoms with Crippen molar-refractivity contribution in [1.29, 1.82) is 5.41 Å². The Bertz CT molecular complexity index is 421. The summed E-state index contributed by atoms with van der Waals surface area (Å²) < 4.78 is 5.49. The largest absolute Gasteiger partial charge is 0.476 e. The lowest BCUT2D eigenvalue weighted by molar-refractivity contribution is 0.207. The summed E-state index contributed by atoms with van der Waals surface area (Å²) in [6, 6.07) is 1.61. The monoisotopic (exact) mass is 255 g/mol. The number of rotatable bonds is 5. The lowest BCUT2D eigenvalue weighted by atomic mass is 10.3. The zero-order chi connectivity index (χ0) is 12.3. The Morgan fingerprint density at radius 1 is 1.65 bits per heavy atom. The predicted molar refractivity (Wildman–Crippen MR) is 64.4 cm³/mol. The van der Waals surface area contributed by atoms with E-state index in [4.69, 9.17) is 26.6 Å². The smallest absolute Gasteiger partial charge is 0.239 e. The number of hydrogen-bond donors (Lipinski definition) is 2. The molecule has 0 atom stereocenters. The molecule has 1 fully saturated rings. The van der Waals surface area contributed by atoms with Gasteiger partial charge in [-0.25, -0.2) is 4.98 Å². The normalized spacial score (nSPS) is 14.5. The SMILES string of the molecule is CNOC(=N)c1cnc(OCC2CC2)c(Cl)c1. The first-order valence-corrected chi connectivity index (χ1v) is 5.79. The van der Waals surface area contributed by atoms with Gasteiger partial charge in [-0.1, -0.05) is 11.6 Å². The third-order valence-electron chi connectivity index (χ3n) is 2.43. The zero-order valence-corrected chi connectivity index (χ0v) is 10.3. The molecule has 1 saturated carbocycles. The average Bonchev–Trinajstić information content (AvgIpc) is 3.11. The summed E-state index contributed by atoms with van der Waals surface area (Å²) in [5.74, 6) is 1.04. The summed E-state index contributed by atoms with van der Waals surface area (Å²) in [5, 5.41) is 7.95. The van der Waals surface area contributed by atoms with Crippen molar-refractivity contribution in [2.75, 3.05) is 13.7 Å². The van der Waals surface area contributed by atoms with Crippen LogP contribution in [0.4, 0.5) is 0 Å². The molecule has 2 N–H and O–H groups in total. The van der Waals surface area contributed by atoms with Gasteiger partial charge in [0.1, 0.15) is 5.02 Å². The van der Waals surface area contributed by atoms with Crippen molar-refractivity contribution >= 4 is 17.5 Å². The molecule has 17 heavy (non-hydrogen) atoms. The van der Waals surface area contributed by atoms with Crippen LogP contribution in [0.2, 0.25) is 5.02 Å². The van der Waals surface area contributed by atoms with Crippen LogP contribution in [0.15, 0.2) is 12.3 Å². The van der Waals surface area contributed by atoms with E-state index in [9.17, 15) is 0 Å². The predicted octanol–water partition coefficient (Wildman–Crippen LogP) is 2.00. The Morgan fingerprint density at radius 2 is 2.41 bits per heavy atom. The van der Waals surface area contributed by atoms with Crippen molar-refractivity contribution in [3.05, 3.63) is 22.8 Å². The lowest BCUT2D eigenvalue weighted by Gasteiger charge is -2.08. The van der Waals surface area contributed by atoms with Gasteiger partial charge in [-0.15, -0.1) is 0 Å². The number of halogens is 1. The molecule has 1 aromatic heterocycles. The lowest BCUT2D eigenvalue weighted by Crippen LogP contribution is -2.15. The quantitative estimate of drug-likeness (QED) is 0.480. The van der Waals surface area contributed by atoms with E-state index in [1.54, 1.807) is 13.1 Å². The minimum atomic E-state index is -0.0318. The fourth-order valence-corrected chi connectivity index (χ4v) is 1.52.